The number of ether oxygens (including phenoxy) is 2. The van der Waals surface area contributed by atoms with Crippen molar-refractivity contribution in [1.82, 2.24) is 9.29 Å². The maximum Gasteiger partial charge on any atom is 0.325 e. The molecule has 0 spiro atoms. The highest BCUT2D eigenvalue weighted by molar-refractivity contribution is 7.90. The second kappa shape index (κ2) is 7.81. The van der Waals surface area contributed by atoms with Gasteiger partial charge in [0.2, 0.25) is 10.0 Å². The van der Waals surface area contributed by atoms with Crippen molar-refractivity contribution < 1.29 is 22.7 Å². The molecule has 2 N–H and O–H groups in total. The zero-order chi connectivity index (χ0) is 20.6. The van der Waals surface area contributed by atoms with E-state index in [1.54, 1.807) is 25.3 Å². The van der Waals surface area contributed by atoms with Crippen LogP contribution in [0.15, 0.2) is 18.2 Å². The van der Waals surface area contributed by atoms with Gasteiger partial charge in [0.25, 0.3) is 0 Å². The van der Waals surface area contributed by atoms with Gasteiger partial charge in [-0.25, -0.2) is 18.2 Å². The van der Waals surface area contributed by atoms with Crippen molar-refractivity contribution in [2.45, 2.75) is 31.1 Å². The van der Waals surface area contributed by atoms with E-state index in [0.717, 1.165) is 23.4 Å². The van der Waals surface area contributed by atoms with Crippen molar-refractivity contribution in [2.75, 3.05) is 31.4 Å². The van der Waals surface area contributed by atoms with Crippen molar-refractivity contribution in [3.8, 4) is 11.5 Å². The Kier molecular flexibility index (Phi) is 5.36. The van der Waals surface area contributed by atoms with Gasteiger partial charge < -0.3 is 14.8 Å². The van der Waals surface area contributed by atoms with E-state index in [4.69, 9.17) is 9.47 Å². The summed E-state index contributed by atoms with van der Waals surface area (Å²) in [6, 6.07) is 4.62. The van der Waals surface area contributed by atoms with Gasteiger partial charge in [-0.3, -0.25) is 5.32 Å². The van der Waals surface area contributed by atoms with E-state index >= 15 is 0 Å². The van der Waals surface area contributed by atoms with E-state index in [2.05, 4.69) is 15.6 Å². The van der Waals surface area contributed by atoms with Crippen LogP contribution in [-0.2, 0) is 23.0 Å². The normalized spacial score (nSPS) is 16.8. The Labute approximate surface area is 173 Å². The molecule has 0 radical (unpaired) electrons. The van der Waals surface area contributed by atoms with Crippen LogP contribution in [0.25, 0.3) is 0 Å². The van der Waals surface area contributed by atoms with Crippen LogP contribution in [0.4, 0.5) is 15.6 Å². The summed E-state index contributed by atoms with van der Waals surface area (Å²) >= 11 is 1.30. The lowest BCUT2D eigenvalue weighted by molar-refractivity contribution is 0.262. The number of amides is 2. The minimum Gasteiger partial charge on any atom is -0.497 e. The molecule has 2 amide bonds. The van der Waals surface area contributed by atoms with Crippen LogP contribution >= 0.6 is 11.3 Å². The monoisotopic (exact) mass is 438 g/mol. The van der Waals surface area contributed by atoms with Gasteiger partial charge in [0.1, 0.15) is 11.5 Å². The number of fused-ring (bicyclic) bond motifs is 1. The number of nitrogens with one attached hydrogen (secondary N) is 2. The molecule has 0 atom stereocenters. The predicted octanol–water partition coefficient (Wildman–Crippen LogP) is 2.65. The molecule has 156 valence electrons. The summed E-state index contributed by atoms with van der Waals surface area (Å²) < 4.78 is 36.9. The summed E-state index contributed by atoms with van der Waals surface area (Å²) in [6.07, 6.45) is 2.04. The lowest BCUT2D eigenvalue weighted by atomic mass is 10.2. The maximum atomic E-state index is 12.5. The first-order valence-electron chi connectivity index (χ1n) is 9.18. The van der Waals surface area contributed by atoms with Gasteiger partial charge in [-0.1, -0.05) is 11.3 Å². The molecule has 1 aliphatic heterocycles. The van der Waals surface area contributed by atoms with Gasteiger partial charge in [0.15, 0.2) is 5.13 Å². The van der Waals surface area contributed by atoms with E-state index in [9.17, 15) is 13.2 Å². The number of nitrogens with zero attached hydrogens (tertiary/aromatic N) is 2. The molecule has 0 bridgehead atoms. The highest BCUT2D eigenvalue weighted by Gasteiger charge is 2.41. The molecule has 1 fully saturated rings. The molecule has 29 heavy (non-hydrogen) atoms. The van der Waals surface area contributed by atoms with Gasteiger partial charge in [-0.15, -0.1) is 0 Å². The van der Waals surface area contributed by atoms with E-state index in [-0.39, 0.29) is 5.25 Å². The van der Waals surface area contributed by atoms with Crippen molar-refractivity contribution in [3.63, 3.8) is 0 Å². The third-order valence-electron chi connectivity index (χ3n) is 4.88. The lowest BCUT2D eigenvalue weighted by Gasteiger charge is -2.25. The number of aromatic nitrogens is 1. The lowest BCUT2D eigenvalue weighted by Crippen LogP contribution is -2.37. The topological polar surface area (TPSA) is 110 Å². The minimum atomic E-state index is -3.21. The fraction of sp³-hybridized carbons (Fsp3) is 0.444. The first-order valence-corrected chi connectivity index (χ1v) is 11.5. The summed E-state index contributed by atoms with van der Waals surface area (Å²) in [7, 11) is -0.152. The Morgan fingerprint density at radius 2 is 2.03 bits per heavy atom. The molecule has 0 unspecified atom stereocenters. The quantitative estimate of drug-likeness (QED) is 0.718. The molecule has 9 nitrogen and oxygen atoms in total. The summed E-state index contributed by atoms with van der Waals surface area (Å²) in [4.78, 5) is 17.7. The van der Waals surface area contributed by atoms with Crippen LogP contribution < -0.4 is 20.1 Å². The number of hydrogen-bond donors (Lipinski definition) is 2. The molecule has 1 aliphatic carbocycles. The van der Waals surface area contributed by atoms with Gasteiger partial charge in [0.05, 0.1) is 30.9 Å². The average Bonchev–Trinajstić information content (AvgIpc) is 3.49. The molecule has 2 aliphatic rings. The number of rotatable bonds is 6. The Hall–Kier alpha value is -2.37. The van der Waals surface area contributed by atoms with Crippen LogP contribution in [0, 0.1) is 0 Å². The average molecular weight is 439 g/mol. The summed E-state index contributed by atoms with van der Waals surface area (Å²) in [5.74, 6) is 1.09. The molecular weight excluding hydrogens is 416 g/mol. The molecular formula is C18H22N4O5S2. The van der Waals surface area contributed by atoms with Gasteiger partial charge >= 0.3 is 6.03 Å². The van der Waals surface area contributed by atoms with E-state index in [0.29, 0.717) is 41.8 Å². The van der Waals surface area contributed by atoms with Crippen molar-refractivity contribution >= 4 is 38.2 Å². The number of hydrogen-bond acceptors (Lipinski definition) is 7. The summed E-state index contributed by atoms with van der Waals surface area (Å²) in [5.41, 5.74) is 1.34. The number of sulfonamides is 1. The smallest absolute Gasteiger partial charge is 0.325 e. The minimum absolute atomic E-state index is 0.222. The van der Waals surface area contributed by atoms with E-state index < -0.39 is 16.1 Å². The Morgan fingerprint density at radius 3 is 2.72 bits per heavy atom. The number of benzene rings is 1. The maximum absolute atomic E-state index is 12.5. The molecule has 11 heteroatoms. The third kappa shape index (κ3) is 4.16. The Balaban J connectivity index is 1.42. The van der Waals surface area contributed by atoms with Gasteiger partial charge in [-0.05, 0) is 25.0 Å². The van der Waals surface area contributed by atoms with Crippen LogP contribution in [-0.4, -0.2) is 49.8 Å². The highest BCUT2D eigenvalue weighted by Crippen LogP contribution is 2.36. The highest BCUT2D eigenvalue weighted by atomic mass is 32.2. The largest absolute Gasteiger partial charge is 0.497 e. The molecule has 1 aromatic heterocycles. The first kappa shape index (κ1) is 19.9. The number of methoxy groups -OCH3 is 2. The molecule has 4 rings (SSSR count). The van der Waals surface area contributed by atoms with Crippen molar-refractivity contribution in [3.05, 3.63) is 28.8 Å². The molecule has 2 aromatic rings. The summed E-state index contributed by atoms with van der Waals surface area (Å²) in [5, 5.41) is 5.66. The predicted molar refractivity (Wildman–Crippen MR) is 110 cm³/mol. The van der Waals surface area contributed by atoms with Crippen LogP contribution in [0.2, 0.25) is 0 Å². The number of urea groups is 1. The zero-order valence-electron chi connectivity index (χ0n) is 16.1. The molecule has 2 heterocycles. The van der Waals surface area contributed by atoms with Crippen molar-refractivity contribution in [2.24, 2.45) is 0 Å². The fourth-order valence-electron chi connectivity index (χ4n) is 3.17. The Bertz CT molecular complexity index is 1030. The van der Waals surface area contributed by atoms with Crippen LogP contribution in [0.3, 0.4) is 0 Å². The van der Waals surface area contributed by atoms with Crippen LogP contribution in [0.1, 0.15) is 23.4 Å². The molecule has 1 aromatic carbocycles. The van der Waals surface area contributed by atoms with Crippen molar-refractivity contribution in [1.29, 1.82) is 0 Å². The number of carbonyl (C=O) groups excluding carboxylic acids is 1. The standard InChI is InChI=1S/C18H22N4O5S2/c1-26-11-3-6-13(15(9-11)27-2)19-17(23)21-18-20-14-7-8-22(10-16(14)28-18)29(24,25)12-4-5-12/h3,6,9,12H,4-5,7-8,10H2,1-2H3,(H2,19,20,21,23). The Morgan fingerprint density at radius 1 is 1.24 bits per heavy atom. The van der Waals surface area contributed by atoms with Crippen LogP contribution in [0.5, 0.6) is 11.5 Å². The number of thiazole rings is 1. The SMILES string of the molecule is COc1ccc(NC(=O)Nc2nc3c(s2)CN(S(=O)(=O)C2CC2)CC3)c(OC)c1. The van der Waals surface area contributed by atoms with E-state index in [1.807, 2.05) is 0 Å². The number of anilines is 2. The molecule has 1 saturated carbocycles. The summed E-state index contributed by atoms with van der Waals surface area (Å²) in [6.45, 7) is 0.756. The number of carbonyl (C=O) groups is 1. The molecule has 0 saturated heterocycles. The van der Waals surface area contributed by atoms with Gasteiger partial charge in [0, 0.05) is 30.5 Å². The first-order chi connectivity index (χ1) is 13.9. The second-order valence-electron chi connectivity index (χ2n) is 6.86. The second-order valence-corrected chi connectivity index (χ2v) is 10.2. The zero-order valence-corrected chi connectivity index (χ0v) is 17.7. The van der Waals surface area contributed by atoms with E-state index in [1.165, 1.54) is 22.8 Å². The van der Waals surface area contributed by atoms with Gasteiger partial charge in [-0.2, -0.15) is 4.31 Å². The fourth-order valence-corrected chi connectivity index (χ4v) is 6.08. The third-order valence-corrected chi connectivity index (χ3v) is 8.22.